The third-order valence-electron chi connectivity index (χ3n) is 1.53. The fourth-order valence-corrected chi connectivity index (χ4v) is 0.920. The smallest absolute Gasteiger partial charge is 0.339 e. The van der Waals surface area contributed by atoms with Crippen LogP contribution in [0.4, 0.5) is 0 Å². The van der Waals surface area contributed by atoms with Gasteiger partial charge in [0.15, 0.2) is 6.61 Å². The molecule has 0 saturated carbocycles. The van der Waals surface area contributed by atoms with Crippen LogP contribution in [-0.2, 0) is 4.74 Å². The Morgan fingerprint density at radius 2 is 2.36 bits per heavy atom. The molecule has 0 unspecified atom stereocenters. The molecule has 0 spiro atoms. The van der Waals surface area contributed by atoms with Gasteiger partial charge in [0, 0.05) is 5.56 Å². The van der Waals surface area contributed by atoms with Crippen molar-refractivity contribution in [3.05, 3.63) is 35.4 Å². The zero-order chi connectivity index (χ0) is 10.4. The molecule has 0 bridgehead atoms. The maximum Gasteiger partial charge on any atom is 0.339 e. The summed E-state index contributed by atoms with van der Waals surface area (Å²) in [6.45, 7) is -0.288. The second-order valence-corrected chi connectivity index (χ2v) is 2.48. The summed E-state index contributed by atoms with van der Waals surface area (Å²) in [6.07, 6.45) is 0.640. The molecule has 0 aliphatic carbocycles. The molecular weight excluding hydrogens is 182 g/mol. The van der Waals surface area contributed by atoms with Gasteiger partial charge in [0.25, 0.3) is 0 Å². The van der Waals surface area contributed by atoms with E-state index < -0.39 is 5.97 Å². The third kappa shape index (κ3) is 2.42. The van der Waals surface area contributed by atoms with Crippen LogP contribution in [0, 0.1) is 11.3 Å². The van der Waals surface area contributed by atoms with Crippen molar-refractivity contribution >= 4 is 12.3 Å². The fourth-order valence-electron chi connectivity index (χ4n) is 0.920. The van der Waals surface area contributed by atoms with Crippen molar-refractivity contribution in [2.24, 2.45) is 0 Å². The van der Waals surface area contributed by atoms with Gasteiger partial charge in [-0.2, -0.15) is 5.26 Å². The maximum absolute atomic E-state index is 11.2. The normalized spacial score (nSPS) is 8.79. The number of carbonyl (C=O) groups is 2. The molecule has 0 saturated heterocycles. The van der Waals surface area contributed by atoms with Crippen LogP contribution < -0.4 is 0 Å². The highest BCUT2D eigenvalue weighted by molar-refractivity contribution is 5.91. The van der Waals surface area contributed by atoms with Crippen molar-refractivity contribution in [2.45, 2.75) is 0 Å². The van der Waals surface area contributed by atoms with Gasteiger partial charge >= 0.3 is 5.97 Å². The first-order valence-electron chi connectivity index (χ1n) is 3.87. The zero-order valence-corrected chi connectivity index (χ0v) is 7.27. The number of hydrogen-bond donors (Lipinski definition) is 0. The standard InChI is InChI=1S/C10H7NO3/c11-4-5-14-10(13)9-3-1-2-8(6-9)7-12/h1-3,6-7H,5H2. The minimum Gasteiger partial charge on any atom is -0.447 e. The van der Waals surface area contributed by atoms with E-state index in [1.165, 1.54) is 12.1 Å². The quantitative estimate of drug-likeness (QED) is 0.529. The van der Waals surface area contributed by atoms with Crippen LogP contribution in [0.1, 0.15) is 20.7 Å². The Bertz CT molecular complexity index is 393. The molecule has 0 atom stereocenters. The predicted octanol–water partition coefficient (Wildman–Crippen LogP) is 1.18. The summed E-state index contributed by atoms with van der Waals surface area (Å²) < 4.78 is 4.56. The van der Waals surface area contributed by atoms with Gasteiger partial charge in [0.1, 0.15) is 12.4 Å². The Hall–Kier alpha value is -2.15. The summed E-state index contributed by atoms with van der Waals surface area (Å²) in [7, 11) is 0. The number of carbonyl (C=O) groups excluding carboxylic acids is 2. The lowest BCUT2D eigenvalue weighted by molar-refractivity contribution is 0.0555. The predicted molar refractivity (Wildman–Crippen MR) is 47.7 cm³/mol. The van der Waals surface area contributed by atoms with E-state index in [4.69, 9.17) is 5.26 Å². The second kappa shape index (κ2) is 4.77. The van der Waals surface area contributed by atoms with Crippen LogP contribution in [-0.4, -0.2) is 18.9 Å². The minimum absolute atomic E-state index is 0.268. The van der Waals surface area contributed by atoms with Gasteiger partial charge in [0.2, 0.25) is 0 Å². The summed E-state index contributed by atoms with van der Waals surface area (Å²) in [6, 6.07) is 7.77. The molecule has 1 aromatic carbocycles. The number of benzene rings is 1. The average molecular weight is 189 g/mol. The molecule has 4 nitrogen and oxygen atoms in total. The average Bonchev–Trinajstić information content (AvgIpc) is 2.26. The molecule has 0 heterocycles. The SMILES string of the molecule is N#CCOC(=O)c1cccc(C=O)c1. The molecule has 4 heteroatoms. The number of ether oxygens (including phenoxy) is 1. The number of hydrogen-bond acceptors (Lipinski definition) is 4. The zero-order valence-electron chi connectivity index (χ0n) is 7.27. The van der Waals surface area contributed by atoms with Gasteiger partial charge in [-0.3, -0.25) is 4.79 Å². The molecular formula is C10H7NO3. The van der Waals surface area contributed by atoms with E-state index >= 15 is 0 Å². The highest BCUT2D eigenvalue weighted by atomic mass is 16.5. The summed E-state index contributed by atoms with van der Waals surface area (Å²) in [5, 5.41) is 8.18. The topological polar surface area (TPSA) is 67.2 Å². The van der Waals surface area contributed by atoms with E-state index in [9.17, 15) is 9.59 Å². The highest BCUT2D eigenvalue weighted by Crippen LogP contribution is 2.04. The Morgan fingerprint density at radius 3 is 3.00 bits per heavy atom. The van der Waals surface area contributed by atoms with Gasteiger partial charge < -0.3 is 4.74 Å². The number of rotatable bonds is 3. The van der Waals surface area contributed by atoms with Crippen molar-refractivity contribution < 1.29 is 14.3 Å². The Morgan fingerprint density at radius 1 is 1.57 bits per heavy atom. The molecule has 70 valence electrons. The molecule has 0 amide bonds. The lowest BCUT2D eigenvalue weighted by Gasteiger charge is -2.00. The van der Waals surface area contributed by atoms with E-state index in [2.05, 4.69) is 4.74 Å². The van der Waals surface area contributed by atoms with Crippen LogP contribution in [0.5, 0.6) is 0 Å². The van der Waals surface area contributed by atoms with Crippen molar-refractivity contribution in [1.82, 2.24) is 0 Å². The fraction of sp³-hybridized carbons (Fsp3) is 0.100. The summed E-state index contributed by atoms with van der Waals surface area (Å²) in [5.41, 5.74) is 0.668. The Kier molecular flexibility index (Phi) is 3.39. The van der Waals surface area contributed by atoms with Crippen LogP contribution in [0.25, 0.3) is 0 Å². The summed E-state index contributed by atoms with van der Waals surface area (Å²) in [4.78, 5) is 21.6. The number of esters is 1. The maximum atomic E-state index is 11.2. The molecule has 0 aromatic heterocycles. The van der Waals surface area contributed by atoms with E-state index in [0.717, 1.165) is 0 Å². The first-order valence-corrected chi connectivity index (χ1v) is 3.87. The third-order valence-corrected chi connectivity index (χ3v) is 1.53. The first-order chi connectivity index (χ1) is 6.77. The van der Waals surface area contributed by atoms with E-state index in [1.807, 2.05) is 0 Å². The van der Waals surface area contributed by atoms with Gasteiger partial charge in [-0.15, -0.1) is 0 Å². The van der Waals surface area contributed by atoms with E-state index in [-0.39, 0.29) is 12.2 Å². The number of nitriles is 1. The van der Waals surface area contributed by atoms with Crippen molar-refractivity contribution in [2.75, 3.05) is 6.61 Å². The van der Waals surface area contributed by atoms with E-state index in [0.29, 0.717) is 11.8 Å². The lowest BCUT2D eigenvalue weighted by Crippen LogP contribution is -2.05. The Balaban J connectivity index is 2.80. The molecule has 1 rings (SSSR count). The Labute approximate surface area is 80.7 Å². The second-order valence-electron chi connectivity index (χ2n) is 2.48. The van der Waals surface area contributed by atoms with Gasteiger partial charge in [-0.25, -0.2) is 4.79 Å². The van der Waals surface area contributed by atoms with Crippen LogP contribution in [0.15, 0.2) is 24.3 Å². The van der Waals surface area contributed by atoms with Crippen molar-refractivity contribution in [1.29, 1.82) is 5.26 Å². The van der Waals surface area contributed by atoms with Gasteiger partial charge in [-0.1, -0.05) is 12.1 Å². The summed E-state index contributed by atoms with van der Waals surface area (Å²) >= 11 is 0. The molecule has 1 aromatic rings. The van der Waals surface area contributed by atoms with Gasteiger partial charge in [0.05, 0.1) is 5.56 Å². The van der Waals surface area contributed by atoms with Crippen LogP contribution in [0.3, 0.4) is 0 Å². The van der Waals surface area contributed by atoms with E-state index in [1.54, 1.807) is 18.2 Å². The molecule has 14 heavy (non-hydrogen) atoms. The highest BCUT2D eigenvalue weighted by Gasteiger charge is 2.06. The van der Waals surface area contributed by atoms with Crippen LogP contribution >= 0.6 is 0 Å². The molecule has 0 fully saturated rings. The monoisotopic (exact) mass is 189 g/mol. The van der Waals surface area contributed by atoms with Crippen molar-refractivity contribution in [3.8, 4) is 6.07 Å². The number of aldehydes is 1. The van der Waals surface area contributed by atoms with Crippen molar-refractivity contribution in [3.63, 3.8) is 0 Å². The first kappa shape index (κ1) is 9.93. The molecule has 0 aliphatic rings. The molecule has 0 aliphatic heterocycles. The molecule has 0 radical (unpaired) electrons. The largest absolute Gasteiger partial charge is 0.447 e. The van der Waals surface area contributed by atoms with Gasteiger partial charge in [-0.05, 0) is 12.1 Å². The minimum atomic E-state index is -0.602. The van der Waals surface area contributed by atoms with Crippen LogP contribution in [0.2, 0.25) is 0 Å². The number of nitrogens with zero attached hydrogens (tertiary/aromatic N) is 1. The molecule has 0 N–H and O–H groups in total. The summed E-state index contributed by atoms with van der Waals surface area (Å²) in [5.74, 6) is -0.602. The lowest BCUT2D eigenvalue weighted by atomic mass is 10.1.